The number of ether oxygens (including phenoxy) is 1. The number of hydrogen-bond acceptors (Lipinski definition) is 5. The van der Waals surface area contributed by atoms with Crippen LogP contribution in [0, 0.1) is 5.95 Å². The number of pyridine rings is 1. The van der Waals surface area contributed by atoms with Gasteiger partial charge in [-0.1, -0.05) is 0 Å². The van der Waals surface area contributed by atoms with Gasteiger partial charge >= 0.3 is 0 Å². The fourth-order valence-electron chi connectivity index (χ4n) is 1.66. The number of rotatable bonds is 3. The molecule has 0 aromatic carbocycles. The molecule has 2 aromatic rings. The molecule has 3 heterocycles. The Balaban J connectivity index is 1.88. The summed E-state index contributed by atoms with van der Waals surface area (Å²) in [6, 6.07) is 5.20. The standard InChI is InChI=1S/C12H11FN4O/c13-11-9(2-1-4-14-11)10-3-5-15-12(17-10)16-8-6-18-7-8/h1-5,8H,6-7H2,(H,15,16,17). The first-order chi connectivity index (χ1) is 8.83. The van der Waals surface area contributed by atoms with Crippen molar-refractivity contribution in [2.75, 3.05) is 18.5 Å². The van der Waals surface area contributed by atoms with Crippen LogP contribution in [0.15, 0.2) is 30.6 Å². The van der Waals surface area contributed by atoms with Crippen LogP contribution in [-0.2, 0) is 4.74 Å². The number of halogens is 1. The van der Waals surface area contributed by atoms with E-state index in [-0.39, 0.29) is 6.04 Å². The van der Waals surface area contributed by atoms with Gasteiger partial charge in [-0.2, -0.15) is 4.39 Å². The van der Waals surface area contributed by atoms with Crippen LogP contribution in [0.5, 0.6) is 0 Å². The SMILES string of the molecule is Fc1ncccc1-c1ccnc(NC2COC2)n1. The van der Waals surface area contributed by atoms with E-state index in [0.717, 1.165) is 0 Å². The molecule has 6 heteroatoms. The number of hydrogen-bond donors (Lipinski definition) is 1. The molecule has 1 aliphatic rings. The van der Waals surface area contributed by atoms with E-state index in [1.807, 2.05) is 0 Å². The molecule has 0 unspecified atom stereocenters. The molecule has 1 saturated heterocycles. The smallest absolute Gasteiger partial charge is 0.223 e. The average Bonchev–Trinajstić information content (AvgIpc) is 2.35. The first kappa shape index (κ1) is 11.0. The molecule has 1 N–H and O–H groups in total. The summed E-state index contributed by atoms with van der Waals surface area (Å²) in [5, 5.41) is 3.12. The van der Waals surface area contributed by atoms with Crippen molar-refractivity contribution in [2.45, 2.75) is 6.04 Å². The van der Waals surface area contributed by atoms with Gasteiger partial charge in [-0.3, -0.25) is 0 Å². The zero-order valence-corrected chi connectivity index (χ0v) is 9.51. The van der Waals surface area contributed by atoms with E-state index in [2.05, 4.69) is 20.3 Å². The summed E-state index contributed by atoms with van der Waals surface area (Å²) < 4.78 is 18.6. The van der Waals surface area contributed by atoms with Crippen molar-refractivity contribution in [2.24, 2.45) is 0 Å². The predicted octanol–water partition coefficient (Wildman–Crippen LogP) is 1.49. The van der Waals surface area contributed by atoms with E-state index >= 15 is 0 Å². The van der Waals surface area contributed by atoms with Crippen molar-refractivity contribution in [3.8, 4) is 11.3 Å². The van der Waals surface area contributed by atoms with Crippen molar-refractivity contribution in [3.63, 3.8) is 0 Å². The fraction of sp³-hybridized carbons (Fsp3) is 0.250. The van der Waals surface area contributed by atoms with Gasteiger partial charge < -0.3 is 10.1 Å². The minimum atomic E-state index is -0.533. The molecule has 0 amide bonds. The molecule has 1 fully saturated rings. The molecule has 0 atom stereocenters. The molecule has 3 rings (SSSR count). The van der Waals surface area contributed by atoms with Crippen LogP contribution in [0.25, 0.3) is 11.3 Å². The molecular formula is C12H11FN4O. The Morgan fingerprint density at radius 2 is 2.11 bits per heavy atom. The van der Waals surface area contributed by atoms with Gasteiger partial charge in [0.15, 0.2) is 0 Å². The monoisotopic (exact) mass is 246 g/mol. The van der Waals surface area contributed by atoms with Gasteiger partial charge in [-0.25, -0.2) is 15.0 Å². The lowest BCUT2D eigenvalue weighted by atomic mass is 10.2. The highest BCUT2D eigenvalue weighted by Crippen LogP contribution is 2.19. The average molecular weight is 246 g/mol. The number of nitrogens with zero attached hydrogens (tertiary/aromatic N) is 3. The van der Waals surface area contributed by atoms with Gasteiger partial charge in [0.05, 0.1) is 30.5 Å². The Morgan fingerprint density at radius 3 is 2.83 bits per heavy atom. The number of anilines is 1. The molecule has 0 bridgehead atoms. The maximum atomic E-state index is 13.5. The van der Waals surface area contributed by atoms with Gasteiger partial charge in [-0.05, 0) is 18.2 Å². The van der Waals surface area contributed by atoms with E-state index < -0.39 is 5.95 Å². The molecule has 1 aliphatic heterocycles. The van der Waals surface area contributed by atoms with E-state index in [9.17, 15) is 4.39 Å². The van der Waals surface area contributed by atoms with Crippen LogP contribution in [0.2, 0.25) is 0 Å². The fourth-order valence-corrected chi connectivity index (χ4v) is 1.66. The van der Waals surface area contributed by atoms with E-state index in [4.69, 9.17) is 4.74 Å². The number of nitrogens with one attached hydrogen (secondary N) is 1. The Kier molecular flexibility index (Phi) is 2.85. The van der Waals surface area contributed by atoms with Crippen molar-refractivity contribution < 1.29 is 9.13 Å². The number of aromatic nitrogens is 3. The summed E-state index contributed by atoms with van der Waals surface area (Å²) in [5.41, 5.74) is 0.881. The highest BCUT2D eigenvalue weighted by atomic mass is 19.1. The Bertz CT molecular complexity index is 559. The summed E-state index contributed by atoms with van der Waals surface area (Å²) >= 11 is 0. The summed E-state index contributed by atoms with van der Waals surface area (Å²) in [6.07, 6.45) is 3.00. The summed E-state index contributed by atoms with van der Waals surface area (Å²) in [6.45, 7) is 1.30. The summed E-state index contributed by atoms with van der Waals surface area (Å²) in [5.74, 6) is -0.0572. The zero-order chi connectivity index (χ0) is 12.4. The molecule has 18 heavy (non-hydrogen) atoms. The van der Waals surface area contributed by atoms with Crippen molar-refractivity contribution in [1.82, 2.24) is 15.0 Å². The second-order valence-corrected chi connectivity index (χ2v) is 3.99. The Hall–Kier alpha value is -2.08. The maximum absolute atomic E-state index is 13.5. The van der Waals surface area contributed by atoms with Crippen molar-refractivity contribution in [3.05, 3.63) is 36.5 Å². The third-order valence-electron chi connectivity index (χ3n) is 2.66. The lowest BCUT2D eigenvalue weighted by Crippen LogP contribution is -2.40. The maximum Gasteiger partial charge on any atom is 0.223 e. The van der Waals surface area contributed by atoms with Crippen LogP contribution in [0.1, 0.15) is 0 Å². The second-order valence-electron chi connectivity index (χ2n) is 3.99. The van der Waals surface area contributed by atoms with E-state index in [0.29, 0.717) is 30.4 Å². The van der Waals surface area contributed by atoms with Crippen LogP contribution in [0.3, 0.4) is 0 Å². The summed E-state index contributed by atoms with van der Waals surface area (Å²) in [7, 11) is 0. The van der Waals surface area contributed by atoms with Crippen molar-refractivity contribution >= 4 is 5.95 Å². The molecule has 0 aliphatic carbocycles. The third kappa shape index (κ3) is 2.14. The van der Waals surface area contributed by atoms with E-state index in [1.54, 1.807) is 24.4 Å². The molecule has 5 nitrogen and oxygen atoms in total. The largest absolute Gasteiger partial charge is 0.377 e. The minimum Gasteiger partial charge on any atom is -0.377 e. The van der Waals surface area contributed by atoms with Crippen LogP contribution in [-0.4, -0.2) is 34.2 Å². The Labute approximate surface area is 103 Å². The molecule has 92 valence electrons. The van der Waals surface area contributed by atoms with Gasteiger partial charge in [-0.15, -0.1) is 0 Å². The first-order valence-electron chi connectivity index (χ1n) is 5.61. The van der Waals surface area contributed by atoms with Gasteiger partial charge in [0.25, 0.3) is 0 Å². The zero-order valence-electron chi connectivity index (χ0n) is 9.51. The minimum absolute atomic E-state index is 0.235. The molecule has 0 saturated carbocycles. The molecule has 0 spiro atoms. The highest BCUT2D eigenvalue weighted by molar-refractivity contribution is 5.59. The Morgan fingerprint density at radius 1 is 1.22 bits per heavy atom. The second kappa shape index (κ2) is 4.66. The highest BCUT2D eigenvalue weighted by Gasteiger charge is 2.19. The lowest BCUT2D eigenvalue weighted by molar-refractivity contribution is 0.0208. The third-order valence-corrected chi connectivity index (χ3v) is 2.66. The van der Waals surface area contributed by atoms with Gasteiger partial charge in [0.2, 0.25) is 11.9 Å². The first-order valence-corrected chi connectivity index (χ1v) is 5.61. The van der Waals surface area contributed by atoms with Crippen molar-refractivity contribution in [1.29, 1.82) is 0 Å². The normalized spacial score (nSPS) is 15.2. The lowest BCUT2D eigenvalue weighted by Gasteiger charge is -2.26. The molecule has 0 radical (unpaired) electrons. The van der Waals surface area contributed by atoms with Crippen LogP contribution in [0.4, 0.5) is 10.3 Å². The van der Waals surface area contributed by atoms with Gasteiger partial charge in [0, 0.05) is 12.4 Å². The molecular weight excluding hydrogens is 235 g/mol. The van der Waals surface area contributed by atoms with Crippen LogP contribution < -0.4 is 5.32 Å². The topological polar surface area (TPSA) is 59.9 Å². The van der Waals surface area contributed by atoms with Gasteiger partial charge in [0.1, 0.15) is 0 Å². The summed E-state index contributed by atoms with van der Waals surface area (Å²) in [4.78, 5) is 12.0. The molecule has 2 aromatic heterocycles. The quantitative estimate of drug-likeness (QED) is 0.831. The predicted molar refractivity (Wildman–Crippen MR) is 63.5 cm³/mol. The van der Waals surface area contributed by atoms with Crippen LogP contribution >= 0.6 is 0 Å². The van der Waals surface area contributed by atoms with E-state index in [1.165, 1.54) is 6.20 Å².